The van der Waals surface area contributed by atoms with Gasteiger partial charge in [0.1, 0.15) is 18.0 Å². The van der Waals surface area contributed by atoms with Gasteiger partial charge >= 0.3 is 11.9 Å². The Morgan fingerprint density at radius 1 is 1.00 bits per heavy atom. The maximum absolute atomic E-state index is 12.9. The molecule has 8 nitrogen and oxygen atoms in total. The first-order valence-corrected chi connectivity index (χ1v) is 11.4. The topological polar surface area (TPSA) is 101 Å². The first-order chi connectivity index (χ1) is 16.1. The number of para-hydroxylation sites is 1. The third kappa shape index (κ3) is 7.57. The Morgan fingerprint density at radius 2 is 1.68 bits per heavy atom. The van der Waals surface area contributed by atoms with Gasteiger partial charge in [-0.3, -0.25) is 14.4 Å². The zero-order chi connectivity index (χ0) is 25.3. The summed E-state index contributed by atoms with van der Waals surface area (Å²) in [6.07, 6.45) is 0.314. The molecule has 0 spiro atoms. The third-order valence-corrected chi connectivity index (χ3v) is 5.01. The van der Waals surface area contributed by atoms with Crippen molar-refractivity contribution in [1.82, 2.24) is 4.98 Å². The lowest BCUT2D eigenvalue weighted by Crippen LogP contribution is -2.38. The summed E-state index contributed by atoms with van der Waals surface area (Å²) in [5.74, 6) is -1.40. The predicted molar refractivity (Wildman–Crippen MR) is 126 cm³/mol. The molecule has 1 aromatic heterocycles. The van der Waals surface area contributed by atoms with Gasteiger partial charge in [-0.2, -0.15) is 0 Å². The zero-order valence-electron chi connectivity index (χ0n) is 20.6. The van der Waals surface area contributed by atoms with E-state index < -0.39 is 29.7 Å². The molecule has 2 rings (SSSR count). The molecular weight excluding hydrogens is 438 g/mol. The van der Waals surface area contributed by atoms with Crippen LogP contribution < -0.4 is 14.2 Å². The molecule has 1 heterocycles. The average Bonchev–Trinajstić information content (AvgIpc) is 2.78. The predicted octanol–water partition coefficient (Wildman–Crippen LogP) is 4.65. The Hall–Kier alpha value is -3.42. The monoisotopic (exact) mass is 471 g/mol. The van der Waals surface area contributed by atoms with Gasteiger partial charge in [0.25, 0.3) is 0 Å². The third-order valence-electron chi connectivity index (χ3n) is 5.01. The number of hydrogen-bond donors (Lipinski definition) is 0. The lowest BCUT2D eigenvalue weighted by Gasteiger charge is -2.29. The van der Waals surface area contributed by atoms with E-state index in [9.17, 15) is 14.4 Å². The van der Waals surface area contributed by atoms with Crippen molar-refractivity contribution < 1.29 is 33.3 Å². The summed E-state index contributed by atoms with van der Waals surface area (Å²) >= 11 is 0. The van der Waals surface area contributed by atoms with Gasteiger partial charge in [0.15, 0.2) is 17.2 Å². The molecule has 0 bridgehead atoms. The number of nitrogens with zero attached hydrogens (tertiary/aromatic N) is 1. The molecule has 0 saturated carbocycles. The van der Waals surface area contributed by atoms with Gasteiger partial charge in [-0.05, 0) is 31.9 Å². The van der Waals surface area contributed by atoms with Crippen molar-refractivity contribution in [2.75, 3.05) is 6.61 Å². The Balaban J connectivity index is 2.09. The molecule has 0 unspecified atom stereocenters. The van der Waals surface area contributed by atoms with Crippen LogP contribution in [0, 0.1) is 11.8 Å². The number of ether oxygens (including phenoxy) is 4. The quantitative estimate of drug-likeness (QED) is 0.326. The maximum atomic E-state index is 12.9. The fourth-order valence-electron chi connectivity index (χ4n) is 3.40. The fourth-order valence-corrected chi connectivity index (χ4v) is 3.40. The molecule has 0 amide bonds. The number of hydrogen-bond acceptors (Lipinski definition) is 8. The summed E-state index contributed by atoms with van der Waals surface area (Å²) in [4.78, 5) is 41.3. The Morgan fingerprint density at radius 3 is 2.26 bits per heavy atom. The van der Waals surface area contributed by atoms with Crippen molar-refractivity contribution >= 4 is 17.7 Å². The summed E-state index contributed by atoms with van der Waals surface area (Å²) in [5, 5.41) is 0. The minimum Gasteiger partial charge on any atom is -0.490 e. The van der Waals surface area contributed by atoms with Gasteiger partial charge in [-0.1, -0.05) is 39.0 Å². The van der Waals surface area contributed by atoms with Crippen molar-refractivity contribution in [2.24, 2.45) is 11.8 Å². The molecule has 0 aliphatic heterocycles. The number of pyridine rings is 1. The summed E-state index contributed by atoms with van der Waals surface area (Å²) in [6.45, 7) is 10.6. The normalized spacial score (nSPS) is 13.5. The van der Waals surface area contributed by atoms with Gasteiger partial charge in [0.05, 0.1) is 12.5 Å². The molecule has 8 heteroatoms. The van der Waals surface area contributed by atoms with E-state index in [1.165, 1.54) is 19.2 Å². The highest BCUT2D eigenvalue weighted by Crippen LogP contribution is 2.31. The smallest absolute Gasteiger partial charge is 0.309 e. The molecule has 0 saturated heterocycles. The van der Waals surface area contributed by atoms with Crippen molar-refractivity contribution in [1.29, 1.82) is 0 Å². The highest BCUT2D eigenvalue weighted by Gasteiger charge is 2.30. The van der Waals surface area contributed by atoms with Crippen LogP contribution in [0.25, 0.3) is 0 Å². The summed E-state index contributed by atoms with van der Waals surface area (Å²) in [6, 6.07) is 10.8. The fraction of sp³-hybridized carbons (Fsp3) is 0.462. The second kappa shape index (κ2) is 12.7. The molecule has 0 fully saturated rings. The standard InChI is InChI=1S/C26H33NO7/c1-7-31-22-13-14-27-23(25(22)33-19(6)28)21(29)15-17(4)26(30)32-18(5)24(16(2)3)34-20-11-9-8-10-12-20/h8-14,16-18,24H,7,15H2,1-6H3/t17-,18+,24-/m1/s1. The van der Waals surface area contributed by atoms with Crippen LogP contribution in [0.5, 0.6) is 17.2 Å². The van der Waals surface area contributed by atoms with E-state index in [2.05, 4.69) is 4.98 Å². The van der Waals surface area contributed by atoms with Crippen LogP contribution in [-0.4, -0.2) is 41.5 Å². The van der Waals surface area contributed by atoms with Gasteiger partial charge in [-0.25, -0.2) is 4.98 Å². The van der Waals surface area contributed by atoms with Crippen molar-refractivity contribution in [3.8, 4) is 17.2 Å². The molecule has 0 N–H and O–H groups in total. The van der Waals surface area contributed by atoms with Crippen LogP contribution in [0.3, 0.4) is 0 Å². The van der Waals surface area contributed by atoms with Crippen molar-refractivity contribution in [3.63, 3.8) is 0 Å². The summed E-state index contributed by atoms with van der Waals surface area (Å²) in [7, 11) is 0. The number of rotatable bonds is 12. The minimum atomic E-state index is -0.748. The largest absolute Gasteiger partial charge is 0.490 e. The lowest BCUT2D eigenvalue weighted by atomic mass is 10.0. The molecule has 3 atom stereocenters. The SMILES string of the molecule is CCOc1ccnc(C(=O)C[C@@H](C)C(=O)O[C@@H](C)[C@H](Oc2ccccc2)C(C)C)c1OC(C)=O. The Kier molecular flexibility index (Phi) is 10.0. The number of aromatic nitrogens is 1. The zero-order valence-corrected chi connectivity index (χ0v) is 20.6. The maximum Gasteiger partial charge on any atom is 0.309 e. The molecule has 184 valence electrons. The second-order valence-electron chi connectivity index (χ2n) is 8.32. The molecule has 1 aromatic carbocycles. The molecule has 2 aromatic rings. The van der Waals surface area contributed by atoms with E-state index in [4.69, 9.17) is 18.9 Å². The van der Waals surface area contributed by atoms with Crippen LogP contribution in [0.15, 0.2) is 42.6 Å². The number of esters is 2. The summed E-state index contributed by atoms with van der Waals surface area (Å²) < 4.78 is 22.3. The van der Waals surface area contributed by atoms with Crippen LogP contribution in [-0.2, 0) is 14.3 Å². The van der Waals surface area contributed by atoms with Gasteiger partial charge in [0.2, 0.25) is 5.75 Å². The average molecular weight is 472 g/mol. The van der Waals surface area contributed by atoms with Crippen LogP contribution in [0.2, 0.25) is 0 Å². The van der Waals surface area contributed by atoms with E-state index in [-0.39, 0.29) is 35.6 Å². The Bertz CT molecular complexity index is 974. The number of Topliss-reactive ketones (excluding diaryl/α,β-unsaturated/α-hetero) is 1. The Labute approximate surface area is 200 Å². The highest BCUT2D eigenvalue weighted by atomic mass is 16.6. The second-order valence-corrected chi connectivity index (χ2v) is 8.32. The van der Waals surface area contributed by atoms with Crippen molar-refractivity contribution in [2.45, 2.75) is 60.2 Å². The van der Waals surface area contributed by atoms with Crippen LogP contribution >= 0.6 is 0 Å². The van der Waals surface area contributed by atoms with Gasteiger partial charge in [0, 0.05) is 25.6 Å². The van der Waals surface area contributed by atoms with Crippen molar-refractivity contribution in [3.05, 3.63) is 48.3 Å². The molecular formula is C26H33NO7. The number of carbonyl (C=O) groups is 3. The van der Waals surface area contributed by atoms with Gasteiger partial charge < -0.3 is 18.9 Å². The molecule has 0 radical (unpaired) electrons. The molecule has 0 aliphatic rings. The van der Waals surface area contributed by atoms with E-state index in [1.807, 2.05) is 44.2 Å². The number of benzene rings is 1. The first-order valence-electron chi connectivity index (χ1n) is 11.4. The van der Waals surface area contributed by atoms with Crippen LogP contribution in [0.1, 0.15) is 58.5 Å². The molecule has 34 heavy (non-hydrogen) atoms. The highest BCUT2D eigenvalue weighted by molar-refractivity contribution is 5.99. The summed E-state index contributed by atoms with van der Waals surface area (Å²) in [5.41, 5.74) is -0.0682. The van der Waals surface area contributed by atoms with Crippen LogP contribution in [0.4, 0.5) is 0 Å². The van der Waals surface area contributed by atoms with E-state index in [0.29, 0.717) is 12.4 Å². The number of carbonyl (C=O) groups excluding carboxylic acids is 3. The lowest BCUT2D eigenvalue weighted by molar-refractivity contribution is -0.158. The van der Waals surface area contributed by atoms with Gasteiger partial charge in [-0.15, -0.1) is 0 Å². The number of ketones is 1. The first kappa shape index (κ1) is 26.8. The van der Waals surface area contributed by atoms with E-state index >= 15 is 0 Å². The molecule has 0 aliphatic carbocycles. The van der Waals surface area contributed by atoms with E-state index in [1.54, 1.807) is 20.8 Å². The van der Waals surface area contributed by atoms with E-state index in [0.717, 1.165) is 0 Å². The minimum absolute atomic E-state index is 0.0491.